The van der Waals surface area contributed by atoms with Crippen LogP contribution in [-0.2, 0) is 4.79 Å². The normalized spacial score (nSPS) is 31.5. The monoisotopic (exact) mass is 194 g/mol. The van der Waals surface area contributed by atoms with Crippen LogP contribution in [0.2, 0.25) is 0 Å². The van der Waals surface area contributed by atoms with Crippen molar-refractivity contribution in [3.8, 4) is 0 Å². The Bertz CT molecular complexity index is 198. The molecule has 0 aliphatic heterocycles. The summed E-state index contributed by atoms with van der Waals surface area (Å²) in [4.78, 5) is 11.1. The lowest BCUT2D eigenvalue weighted by atomic mass is 9.98. The van der Waals surface area contributed by atoms with E-state index < -0.39 is 17.9 Å². The van der Waals surface area contributed by atoms with Crippen molar-refractivity contribution in [3.05, 3.63) is 0 Å². The van der Waals surface area contributed by atoms with Crippen LogP contribution in [0.15, 0.2) is 0 Å². The Balaban J connectivity index is 2.68. The van der Waals surface area contributed by atoms with Crippen LogP contribution in [0.3, 0.4) is 0 Å². The Kier molecular flexibility index (Phi) is 2.98. The van der Waals surface area contributed by atoms with Crippen LogP contribution in [-0.4, -0.2) is 12.0 Å². The minimum atomic E-state index is -4.33. The third-order valence-electron chi connectivity index (χ3n) is 2.62. The summed E-state index contributed by atoms with van der Waals surface area (Å²) >= 11 is 0. The van der Waals surface area contributed by atoms with Crippen LogP contribution in [0.5, 0.6) is 0 Å². The van der Waals surface area contributed by atoms with Crippen molar-refractivity contribution in [3.63, 3.8) is 0 Å². The fourth-order valence-corrected chi connectivity index (χ4v) is 1.67. The topological polar surface area (TPSA) is 17.1 Å². The fraction of sp³-hybridized carbons (Fsp3) is 0.889. The SMILES string of the molecule is C[C@H]1CCC(=O)[C@H](C(F)(F)F)CC1. The summed E-state index contributed by atoms with van der Waals surface area (Å²) in [6.45, 7) is 1.89. The number of alkyl halides is 3. The lowest BCUT2D eigenvalue weighted by Gasteiger charge is -2.16. The summed E-state index contributed by atoms with van der Waals surface area (Å²) in [5.41, 5.74) is 0. The molecule has 1 saturated carbocycles. The molecule has 0 saturated heterocycles. The molecular weight excluding hydrogens is 181 g/mol. The van der Waals surface area contributed by atoms with Crippen LogP contribution < -0.4 is 0 Å². The summed E-state index contributed by atoms with van der Waals surface area (Å²) in [7, 11) is 0. The largest absolute Gasteiger partial charge is 0.398 e. The molecule has 2 atom stereocenters. The highest BCUT2D eigenvalue weighted by molar-refractivity contribution is 5.81. The van der Waals surface area contributed by atoms with Gasteiger partial charge in [-0.25, -0.2) is 0 Å². The van der Waals surface area contributed by atoms with E-state index in [0.29, 0.717) is 12.8 Å². The minimum Gasteiger partial charge on any atom is -0.299 e. The Morgan fingerprint density at radius 2 is 1.85 bits per heavy atom. The molecule has 0 heterocycles. The first kappa shape index (κ1) is 10.5. The number of carbonyl (C=O) groups is 1. The summed E-state index contributed by atoms with van der Waals surface area (Å²) in [5, 5.41) is 0. The van der Waals surface area contributed by atoms with Gasteiger partial charge in [-0.3, -0.25) is 4.79 Å². The van der Waals surface area contributed by atoms with Crippen LogP contribution in [0, 0.1) is 11.8 Å². The maximum Gasteiger partial charge on any atom is 0.398 e. The van der Waals surface area contributed by atoms with Gasteiger partial charge in [0.05, 0.1) is 0 Å². The molecule has 1 rings (SSSR count). The van der Waals surface area contributed by atoms with Crippen molar-refractivity contribution in [2.75, 3.05) is 0 Å². The van der Waals surface area contributed by atoms with Gasteiger partial charge in [0.25, 0.3) is 0 Å². The van der Waals surface area contributed by atoms with Crippen molar-refractivity contribution < 1.29 is 18.0 Å². The summed E-state index contributed by atoms with van der Waals surface area (Å²) in [6.07, 6.45) is -3.16. The van der Waals surface area contributed by atoms with Crippen LogP contribution in [0.1, 0.15) is 32.6 Å². The Morgan fingerprint density at radius 3 is 2.38 bits per heavy atom. The Hall–Kier alpha value is -0.540. The average Bonchev–Trinajstić information content (AvgIpc) is 2.12. The molecule has 0 aromatic carbocycles. The van der Waals surface area contributed by atoms with E-state index in [2.05, 4.69) is 0 Å². The van der Waals surface area contributed by atoms with Gasteiger partial charge >= 0.3 is 6.18 Å². The van der Waals surface area contributed by atoms with E-state index in [-0.39, 0.29) is 18.8 Å². The van der Waals surface area contributed by atoms with Gasteiger partial charge in [0.1, 0.15) is 11.7 Å². The van der Waals surface area contributed by atoms with Gasteiger partial charge in [0, 0.05) is 6.42 Å². The van der Waals surface area contributed by atoms with E-state index in [1.807, 2.05) is 6.92 Å². The lowest BCUT2D eigenvalue weighted by molar-refractivity contribution is -0.182. The lowest BCUT2D eigenvalue weighted by Crippen LogP contribution is -2.29. The second-order valence-electron chi connectivity index (χ2n) is 3.78. The highest BCUT2D eigenvalue weighted by Crippen LogP contribution is 2.35. The average molecular weight is 194 g/mol. The number of Topliss-reactive ketones (excluding diaryl/α,β-unsaturated/α-hetero) is 1. The second kappa shape index (κ2) is 3.68. The standard InChI is InChI=1S/C9H13F3O/c1-6-2-4-7(9(10,11)12)8(13)5-3-6/h6-7H,2-5H2,1H3/t6-,7-/m1/s1. The zero-order valence-corrected chi connectivity index (χ0v) is 7.53. The predicted octanol–water partition coefficient (Wildman–Crippen LogP) is 2.94. The van der Waals surface area contributed by atoms with Crippen LogP contribution in [0.25, 0.3) is 0 Å². The molecule has 13 heavy (non-hydrogen) atoms. The molecule has 1 fully saturated rings. The van der Waals surface area contributed by atoms with Crippen molar-refractivity contribution in [1.29, 1.82) is 0 Å². The first-order valence-corrected chi connectivity index (χ1v) is 4.50. The van der Waals surface area contributed by atoms with Gasteiger partial charge in [0.2, 0.25) is 0 Å². The number of rotatable bonds is 0. The van der Waals surface area contributed by atoms with Gasteiger partial charge in [-0.05, 0) is 25.2 Å². The fourth-order valence-electron chi connectivity index (χ4n) is 1.67. The molecule has 76 valence electrons. The zero-order valence-electron chi connectivity index (χ0n) is 7.53. The molecule has 1 aliphatic rings. The van der Waals surface area contributed by atoms with E-state index in [9.17, 15) is 18.0 Å². The van der Waals surface area contributed by atoms with E-state index in [1.165, 1.54) is 0 Å². The van der Waals surface area contributed by atoms with E-state index >= 15 is 0 Å². The van der Waals surface area contributed by atoms with Gasteiger partial charge in [-0.15, -0.1) is 0 Å². The maximum atomic E-state index is 12.3. The smallest absolute Gasteiger partial charge is 0.299 e. The second-order valence-corrected chi connectivity index (χ2v) is 3.78. The van der Waals surface area contributed by atoms with Gasteiger partial charge in [0.15, 0.2) is 0 Å². The third-order valence-corrected chi connectivity index (χ3v) is 2.62. The number of ketones is 1. The molecule has 0 radical (unpaired) electrons. The molecular formula is C9H13F3O. The number of hydrogen-bond donors (Lipinski definition) is 0. The first-order valence-electron chi connectivity index (χ1n) is 4.50. The Labute approximate surface area is 75.3 Å². The molecule has 0 amide bonds. The highest BCUT2D eigenvalue weighted by Gasteiger charge is 2.44. The van der Waals surface area contributed by atoms with Gasteiger partial charge in [-0.2, -0.15) is 13.2 Å². The summed E-state index contributed by atoms with van der Waals surface area (Å²) < 4.78 is 36.8. The molecule has 0 aromatic heterocycles. The summed E-state index contributed by atoms with van der Waals surface area (Å²) in [6, 6.07) is 0. The molecule has 0 bridgehead atoms. The predicted molar refractivity (Wildman–Crippen MR) is 42.2 cm³/mol. The number of halogens is 3. The molecule has 4 heteroatoms. The van der Waals surface area contributed by atoms with Crippen LogP contribution >= 0.6 is 0 Å². The van der Waals surface area contributed by atoms with Crippen molar-refractivity contribution >= 4 is 5.78 Å². The molecule has 1 aliphatic carbocycles. The molecule has 0 aromatic rings. The van der Waals surface area contributed by atoms with Gasteiger partial charge in [-0.1, -0.05) is 6.92 Å². The Morgan fingerprint density at radius 1 is 1.23 bits per heavy atom. The third kappa shape index (κ3) is 2.71. The quantitative estimate of drug-likeness (QED) is 0.542. The summed E-state index contributed by atoms with van der Waals surface area (Å²) in [5.74, 6) is -2.08. The van der Waals surface area contributed by atoms with E-state index in [4.69, 9.17) is 0 Å². The number of carbonyl (C=O) groups excluding carboxylic acids is 1. The van der Waals surface area contributed by atoms with Crippen LogP contribution in [0.4, 0.5) is 13.2 Å². The zero-order chi connectivity index (χ0) is 10.1. The molecule has 0 unspecified atom stereocenters. The highest BCUT2D eigenvalue weighted by atomic mass is 19.4. The molecule has 0 N–H and O–H groups in total. The van der Waals surface area contributed by atoms with Gasteiger partial charge < -0.3 is 0 Å². The van der Waals surface area contributed by atoms with E-state index in [1.54, 1.807) is 0 Å². The molecule has 1 nitrogen and oxygen atoms in total. The molecule has 0 spiro atoms. The number of hydrogen-bond acceptors (Lipinski definition) is 1. The van der Waals surface area contributed by atoms with E-state index in [0.717, 1.165) is 0 Å². The van der Waals surface area contributed by atoms with Crippen molar-refractivity contribution in [2.24, 2.45) is 11.8 Å². The maximum absolute atomic E-state index is 12.3. The minimum absolute atomic E-state index is 0.0243. The first-order chi connectivity index (χ1) is 5.91. The van der Waals surface area contributed by atoms with Crippen molar-refractivity contribution in [1.82, 2.24) is 0 Å². The van der Waals surface area contributed by atoms with Crippen molar-refractivity contribution in [2.45, 2.75) is 38.8 Å².